The quantitative estimate of drug-likeness (QED) is 0.488. The Hall–Kier alpha value is -3.68. The Kier molecular flexibility index (Phi) is 4.76. The largest absolute Gasteiger partial charge is 0.454 e. The second-order valence-corrected chi connectivity index (χ2v) is 5.98. The van der Waals surface area contributed by atoms with E-state index in [9.17, 15) is 9.18 Å². The molecule has 7 nitrogen and oxygen atoms in total. The number of halogens is 1. The number of esters is 1. The predicted octanol–water partition coefficient (Wildman–Crippen LogP) is 3.92. The van der Waals surface area contributed by atoms with Crippen LogP contribution < -0.4 is 9.47 Å². The number of carbonyl (C=O) groups is 1. The van der Waals surface area contributed by atoms with Gasteiger partial charge in [0.1, 0.15) is 5.82 Å². The molecule has 1 aromatic heterocycles. The maximum atomic E-state index is 13.0. The molecule has 2 aromatic carbocycles. The molecule has 0 N–H and O–H groups in total. The molecule has 1 aliphatic rings. The molecular weight excluding hydrogens is 367 g/mol. The Morgan fingerprint density at radius 3 is 2.75 bits per heavy atom. The van der Waals surface area contributed by atoms with Gasteiger partial charge in [-0.1, -0.05) is 6.07 Å². The molecule has 0 bridgehead atoms. The van der Waals surface area contributed by atoms with Crippen LogP contribution in [0.25, 0.3) is 17.5 Å². The highest BCUT2D eigenvalue weighted by Crippen LogP contribution is 2.32. The number of ether oxygens (including phenoxy) is 3. The maximum Gasteiger partial charge on any atom is 0.331 e. The van der Waals surface area contributed by atoms with Crippen molar-refractivity contribution in [3.8, 4) is 23.0 Å². The van der Waals surface area contributed by atoms with Crippen LogP contribution in [0.15, 0.2) is 53.0 Å². The van der Waals surface area contributed by atoms with Crippen molar-refractivity contribution < 1.29 is 27.8 Å². The maximum absolute atomic E-state index is 13.0. The third kappa shape index (κ3) is 3.85. The highest BCUT2D eigenvalue weighted by Gasteiger charge is 2.18. The van der Waals surface area contributed by atoms with Gasteiger partial charge in [-0.3, -0.25) is 0 Å². The van der Waals surface area contributed by atoms with E-state index in [1.165, 1.54) is 30.3 Å². The van der Waals surface area contributed by atoms with Crippen LogP contribution in [0, 0.1) is 5.82 Å². The fourth-order valence-electron chi connectivity index (χ4n) is 2.55. The Morgan fingerprint density at radius 2 is 1.93 bits per heavy atom. The number of fused-ring (bicyclic) bond motifs is 1. The normalized spacial score (nSPS) is 13.6. The molecule has 1 atom stereocenters. The number of hydrogen-bond donors (Lipinski definition) is 0. The van der Waals surface area contributed by atoms with Gasteiger partial charge in [-0.25, -0.2) is 9.18 Å². The third-order valence-corrected chi connectivity index (χ3v) is 3.98. The van der Waals surface area contributed by atoms with E-state index in [4.69, 9.17) is 18.6 Å². The molecule has 28 heavy (non-hydrogen) atoms. The van der Waals surface area contributed by atoms with Crippen molar-refractivity contribution in [2.24, 2.45) is 0 Å². The van der Waals surface area contributed by atoms with Crippen molar-refractivity contribution in [2.45, 2.75) is 13.0 Å². The second-order valence-electron chi connectivity index (χ2n) is 5.98. The Labute approximate surface area is 159 Å². The minimum atomic E-state index is -0.740. The lowest BCUT2D eigenvalue weighted by molar-refractivity contribution is -0.143. The summed E-state index contributed by atoms with van der Waals surface area (Å²) in [5, 5.41) is 7.78. The average molecular weight is 382 g/mol. The van der Waals surface area contributed by atoms with Gasteiger partial charge in [0.25, 0.3) is 5.89 Å². The fourth-order valence-corrected chi connectivity index (χ4v) is 2.55. The monoisotopic (exact) mass is 382 g/mol. The van der Waals surface area contributed by atoms with E-state index < -0.39 is 12.1 Å². The summed E-state index contributed by atoms with van der Waals surface area (Å²) in [7, 11) is 0. The van der Waals surface area contributed by atoms with Gasteiger partial charge in [-0.05, 0) is 55.0 Å². The number of rotatable bonds is 5. The standard InChI is InChI=1S/C20H15FN2O5/c1-12(19-22-23-20(28-19)14-4-6-15(21)7-5-14)27-18(24)9-3-13-2-8-16-17(10-13)26-11-25-16/h2-10,12H,11H2,1H3/b9-3+/t12-/m1/s1. The van der Waals surface area contributed by atoms with Crippen LogP contribution in [0.1, 0.15) is 24.5 Å². The lowest BCUT2D eigenvalue weighted by Gasteiger charge is -2.06. The molecule has 1 aliphatic heterocycles. The van der Waals surface area contributed by atoms with E-state index in [-0.39, 0.29) is 24.4 Å². The topological polar surface area (TPSA) is 83.7 Å². The molecule has 0 spiro atoms. The minimum absolute atomic E-state index is 0.143. The van der Waals surface area contributed by atoms with E-state index in [1.807, 2.05) is 0 Å². The summed E-state index contributed by atoms with van der Waals surface area (Å²) in [4.78, 5) is 12.1. The van der Waals surface area contributed by atoms with Crippen molar-refractivity contribution in [1.82, 2.24) is 10.2 Å². The van der Waals surface area contributed by atoms with Crippen LogP contribution in [0.2, 0.25) is 0 Å². The first-order valence-electron chi connectivity index (χ1n) is 8.46. The van der Waals surface area contributed by atoms with Gasteiger partial charge in [-0.15, -0.1) is 10.2 Å². The molecule has 0 aliphatic carbocycles. The summed E-state index contributed by atoms with van der Waals surface area (Å²) in [5.41, 5.74) is 1.34. The van der Waals surface area contributed by atoms with Gasteiger partial charge >= 0.3 is 5.97 Å². The molecule has 0 fully saturated rings. The SMILES string of the molecule is C[C@@H](OC(=O)/C=C/c1ccc2c(c1)OCO2)c1nnc(-c2ccc(F)cc2)o1. The van der Waals surface area contributed by atoms with E-state index >= 15 is 0 Å². The fraction of sp³-hybridized carbons (Fsp3) is 0.150. The lowest BCUT2D eigenvalue weighted by atomic mass is 10.2. The van der Waals surface area contributed by atoms with Gasteiger partial charge in [0, 0.05) is 11.6 Å². The number of benzene rings is 2. The van der Waals surface area contributed by atoms with Crippen LogP contribution in [-0.4, -0.2) is 23.0 Å². The molecule has 0 amide bonds. The van der Waals surface area contributed by atoms with Crippen LogP contribution in [-0.2, 0) is 9.53 Å². The molecule has 0 saturated carbocycles. The smallest absolute Gasteiger partial charge is 0.331 e. The molecule has 0 radical (unpaired) electrons. The predicted molar refractivity (Wildman–Crippen MR) is 95.8 cm³/mol. The zero-order valence-corrected chi connectivity index (χ0v) is 14.8. The lowest BCUT2D eigenvalue weighted by Crippen LogP contribution is -2.06. The van der Waals surface area contributed by atoms with Crippen LogP contribution in [0.4, 0.5) is 4.39 Å². The van der Waals surface area contributed by atoms with E-state index in [0.717, 1.165) is 5.56 Å². The summed E-state index contributed by atoms with van der Waals surface area (Å²) < 4.78 is 34.3. The summed E-state index contributed by atoms with van der Waals surface area (Å²) in [5.74, 6) is 0.731. The Bertz CT molecular complexity index is 1030. The molecular formula is C20H15FN2O5. The molecule has 0 saturated heterocycles. The van der Waals surface area contributed by atoms with Crippen LogP contribution in [0.5, 0.6) is 11.5 Å². The zero-order valence-electron chi connectivity index (χ0n) is 14.8. The number of carbonyl (C=O) groups excluding carboxylic acids is 1. The molecule has 2 heterocycles. The minimum Gasteiger partial charge on any atom is -0.454 e. The highest BCUT2D eigenvalue weighted by molar-refractivity contribution is 5.87. The molecule has 0 unspecified atom stereocenters. The van der Waals surface area contributed by atoms with E-state index in [2.05, 4.69) is 10.2 Å². The molecule has 4 rings (SSSR count). The molecule has 142 valence electrons. The third-order valence-electron chi connectivity index (χ3n) is 3.98. The first-order valence-corrected chi connectivity index (χ1v) is 8.46. The zero-order chi connectivity index (χ0) is 19.5. The molecule has 3 aromatic rings. The van der Waals surface area contributed by atoms with Crippen LogP contribution in [0.3, 0.4) is 0 Å². The second kappa shape index (κ2) is 7.51. The van der Waals surface area contributed by atoms with Crippen molar-refractivity contribution in [2.75, 3.05) is 6.79 Å². The van der Waals surface area contributed by atoms with Crippen molar-refractivity contribution in [3.05, 3.63) is 65.8 Å². The van der Waals surface area contributed by atoms with Crippen molar-refractivity contribution in [1.29, 1.82) is 0 Å². The Balaban J connectivity index is 1.38. The number of hydrogen-bond acceptors (Lipinski definition) is 7. The van der Waals surface area contributed by atoms with E-state index in [0.29, 0.717) is 17.1 Å². The van der Waals surface area contributed by atoms with Crippen molar-refractivity contribution in [3.63, 3.8) is 0 Å². The van der Waals surface area contributed by atoms with Gasteiger partial charge in [0.2, 0.25) is 12.7 Å². The highest BCUT2D eigenvalue weighted by atomic mass is 19.1. The summed E-state index contributed by atoms with van der Waals surface area (Å²) in [6.07, 6.45) is 2.16. The number of nitrogens with zero attached hydrogens (tertiary/aromatic N) is 2. The summed E-state index contributed by atoms with van der Waals surface area (Å²) in [6, 6.07) is 11.0. The number of aromatic nitrogens is 2. The van der Waals surface area contributed by atoms with E-state index in [1.54, 1.807) is 31.2 Å². The first kappa shape index (κ1) is 17.7. The van der Waals surface area contributed by atoms with Crippen molar-refractivity contribution >= 4 is 12.0 Å². The first-order chi connectivity index (χ1) is 13.6. The van der Waals surface area contributed by atoms with Crippen LogP contribution >= 0.6 is 0 Å². The Morgan fingerprint density at radius 1 is 1.14 bits per heavy atom. The summed E-state index contributed by atoms with van der Waals surface area (Å²) in [6.45, 7) is 1.81. The van der Waals surface area contributed by atoms with Gasteiger partial charge in [-0.2, -0.15) is 0 Å². The molecule has 8 heteroatoms. The van der Waals surface area contributed by atoms with Gasteiger partial charge in [0.15, 0.2) is 17.6 Å². The average Bonchev–Trinajstić information content (AvgIpc) is 3.36. The van der Waals surface area contributed by atoms with Gasteiger partial charge in [0.05, 0.1) is 0 Å². The van der Waals surface area contributed by atoms with Gasteiger partial charge < -0.3 is 18.6 Å². The summed E-state index contributed by atoms with van der Waals surface area (Å²) >= 11 is 0.